The number of nitrogens with zero attached hydrogens (tertiary/aromatic N) is 3. The minimum absolute atomic E-state index is 0.166. The first-order chi connectivity index (χ1) is 11.4. The Bertz CT molecular complexity index is 622. The highest BCUT2D eigenvalue weighted by molar-refractivity contribution is 7.08. The summed E-state index contributed by atoms with van der Waals surface area (Å²) in [6.07, 6.45) is 2.49. The van der Waals surface area contributed by atoms with Crippen molar-refractivity contribution in [3.8, 4) is 11.3 Å². The van der Waals surface area contributed by atoms with E-state index in [1.165, 1.54) is 0 Å². The second kappa shape index (κ2) is 7.09. The summed E-state index contributed by atoms with van der Waals surface area (Å²) < 4.78 is 13.4. The first-order valence-electron chi connectivity index (χ1n) is 8.25. The molecule has 0 aliphatic carbocycles. The van der Waals surface area contributed by atoms with Crippen LogP contribution in [-0.2, 0) is 22.6 Å². The van der Waals surface area contributed by atoms with Gasteiger partial charge in [-0.1, -0.05) is 5.21 Å². The molecule has 4 rings (SSSR count). The number of fused-ring (bicyclic) bond motifs is 1. The molecule has 2 aliphatic heterocycles. The predicted molar refractivity (Wildman–Crippen MR) is 88.3 cm³/mol. The maximum atomic E-state index is 6.01. The van der Waals surface area contributed by atoms with Gasteiger partial charge in [0, 0.05) is 30.7 Å². The van der Waals surface area contributed by atoms with E-state index < -0.39 is 0 Å². The van der Waals surface area contributed by atoms with Gasteiger partial charge in [0.05, 0.1) is 24.9 Å². The molecule has 2 aromatic heterocycles. The number of thiophene rings is 1. The second-order valence-corrected chi connectivity index (χ2v) is 7.01. The van der Waals surface area contributed by atoms with Crippen LogP contribution in [0.15, 0.2) is 16.8 Å². The Kier molecular flexibility index (Phi) is 4.70. The Morgan fingerprint density at radius 1 is 1.30 bits per heavy atom. The number of hydrogen-bond donors (Lipinski definition) is 1. The molecule has 0 radical (unpaired) electrons. The van der Waals surface area contributed by atoms with Crippen molar-refractivity contribution in [2.75, 3.05) is 26.3 Å². The average molecular weight is 334 g/mol. The summed E-state index contributed by atoms with van der Waals surface area (Å²) in [6.45, 7) is 5.08. The van der Waals surface area contributed by atoms with Crippen LogP contribution >= 0.6 is 11.3 Å². The van der Waals surface area contributed by atoms with Gasteiger partial charge in [-0.2, -0.15) is 11.3 Å². The summed E-state index contributed by atoms with van der Waals surface area (Å²) >= 11 is 1.68. The Morgan fingerprint density at radius 2 is 2.22 bits per heavy atom. The molecule has 7 heteroatoms. The van der Waals surface area contributed by atoms with Crippen molar-refractivity contribution < 1.29 is 9.47 Å². The van der Waals surface area contributed by atoms with E-state index in [2.05, 4.69) is 32.5 Å². The standard InChI is InChI=1S/C16H22N4O2S/c1-4-21-5-2-12(1)7-17-8-14-9-20-15(10-22-14)16(18-19-20)13-3-6-23-11-13/h3,6,11-12,14,17H,1-2,4-5,7-10H2/t14-/m1/s1. The van der Waals surface area contributed by atoms with Crippen molar-refractivity contribution in [3.63, 3.8) is 0 Å². The first kappa shape index (κ1) is 15.3. The number of nitrogens with one attached hydrogen (secondary N) is 1. The van der Waals surface area contributed by atoms with Crippen LogP contribution in [0.4, 0.5) is 0 Å². The SMILES string of the molecule is c1cc(-c2nnn3c2CO[C@H](CNCC2CCOCC2)C3)cs1. The zero-order chi connectivity index (χ0) is 15.5. The summed E-state index contributed by atoms with van der Waals surface area (Å²) in [4.78, 5) is 0. The molecule has 0 aromatic carbocycles. The smallest absolute Gasteiger partial charge is 0.119 e. The van der Waals surface area contributed by atoms with Crippen LogP contribution in [0.1, 0.15) is 18.5 Å². The minimum atomic E-state index is 0.166. The molecule has 124 valence electrons. The van der Waals surface area contributed by atoms with Crippen LogP contribution in [0, 0.1) is 5.92 Å². The fourth-order valence-corrected chi connectivity index (χ4v) is 3.85. The molecule has 0 spiro atoms. The van der Waals surface area contributed by atoms with Crippen molar-refractivity contribution >= 4 is 11.3 Å². The molecule has 0 saturated carbocycles. The van der Waals surface area contributed by atoms with Crippen molar-refractivity contribution in [3.05, 3.63) is 22.5 Å². The molecule has 1 fully saturated rings. The van der Waals surface area contributed by atoms with Crippen LogP contribution in [-0.4, -0.2) is 47.4 Å². The summed E-state index contributed by atoms with van der Waals surface area (Å²) in [5, 5.41) is 16.4. The van der Waals surface area contributed by atoms with Crippen LogP contribution in [0.3, 0.4) is 0 Å². The van der Waals surface area contributed by atoms with E-state index in [0.29, 0.717) is 6.61 Å². The molecular formula is C16H22N4O2S. The van der Waals surface area contributed by atoms with E-state index in [-0.39, 0.29) is 6.10 Å². The second-order valence-electron chi connectivity index (χ2n) is 6.23. The van der Waals surface area contributed by atoms with Gasteiger partial charge in [-0.05, 0) is 36.8 Å². The van der Waals surface area contributed by atoms with Crippen LogP contribution in [0.25, 0.3) is 11.3 Å². The fraction of sp³-hybridized carbons (Fsp3) is 0.625. The lowest BCUT2D eigenvalue weighted by molar-refractivity contribution is -0.000187. The third-order valence-corrected chi connectivity index (χ3v) is 5.29. The van der Waals surface area contributed by atoms with Crippen molar-refractivity contribution in [2.24, 2.45) is 5.92 Å². The quantitative estimate of drug-likeness (QED) is 0.905. The van der Waals surface area contributed by atoms with E-state index >= 15 is 0 Å². The van der Waals surface area contributed by atoms with Gasteiger partial charge in [0.2, 0.25) is 0 Å². The molecule has 2 aromatic rings. The van der Waals surface area contributed by atoms with Crippen molar-refractivity contribution in [1.29, 1.82) is 0 Å². The Morgan fingerprint density at radius 3 is 3.04 bits per heavy atom. The summed E-state index contributed by atoms with van der Waals surface area (Å²) in [5.74, 6) is 0.736. The van der Waals surface area contributed by atoms with E-state index in [1.54, 1.807) is 11.3 Å². The molecule has 4 heterocycles. The summed E-state index contributed by atoms with van der Waals surface area (Å²) in [6, 6.07) is 2.08. The van der Waals surface area contributed by atoms with Gasteiger partial charge in [0.15, 0.2) is 0 Å². The molecule has 6 nitrogen and oxygen atoms in total. The van der Waals surface area contributed by atoms with Crippen molar-refractivity contribution in [1.82, 2.24) is 20.3 Å². The molecular weight excluding hydrogens is 312 g/mol. The Balaban J connectivity index is 1.31. The molecule has 2 aliphatic rings. The third kappa shape index (κ3) is 3.47. The van der Waals surface area contributed by atoms with Crippen LogP contribution in [0.5, 0.6) is 0 Å². The molecule has 0 bridgehead atoms. The molecule has 1 saturated heterocycles. The highest BCUT2D eigenvalue weighted by Crippen LogP contribution is 2.26. The molecule has 0 amide bonds. The Hall–Kier alpha value is -1.28. The maximum Gasteiger partial charge on any atom is 0.119 e. The fourth-order valence-electron chi connectivity index (χ4n) is 3.21. The van der Waals surface area contributed by atoms with Crippen LogP contribution < -0.4 is 5.32 Å². The van der Waals surface area contributed by atoms with Gasteiger partial charge < -0.3 is 14.8 Å². The Labute approximate surface area is 139 Å². The maximum absolute atomic E-state index is 6.01. The number of rotatable bonds is 5. The highest BCUT2D eigenvalue weighted by Gasteiger charge is 2.24. The van der Waals surface area contributed by atoms with Gasteiger partial charge in [-0.15, -0.1) is 5.10 Å². The van der Waals surface area contributed by atoms with Gasteiger partial charge in [0.25, 0.3) is 0 Å². The van der Waals surface area contributed by atoms with E-state index in [0.717, 1.165) is 68.6 Å². The number of hydrogen-bond acceptors (Lipinski definition) is 6. The van der Waals surface area contributed by atoms with Crippen molar-refractivity contribution in [2.45, 2.75) is 32.1 Å². The van der Waals surface area contributed by atoms with E-state index in [9.17, 15) is 0 Å². The zero-order valence-electron chi connectivity index (χ0n) is 13.1. The topological polar surface area (TPSA) is 61.2 Å². The van der Waals surface area contributed by atoms with E-state index in [4.69, 9.17) is 9.47 Å². The normalized spacial score (nSPS) is 22.2. The third-order valence-electron chi connectivity index (χ3n) is 4.61. The predicted octanol–water partition coefficient (Wildman–Crippen LogP) is 1.92. The number of ether oxygens (including phenoxy) is 2. The zero-order valence-corrected chi connectivity index (χ0v) is 13.9. The van der Waals surface area contributed by atoms with Gasteiger partial charge in [0.1, 0.15) is 5.69 Å². The van der Waals surface area contributed by atoms with Crippen LogP contribution in [0.2, 0.25) is 0 Å². The van der Waals surface area contributed by atoms with Gasteiger partial charge in [-0.25, -0.2) is 4.68 Å². The first-order valence-corrected chi connectivity index (χ1v) is 9.19. The highest BCUT2D eigenvalue weighted by atomic mass is 32.1. The lowest BCUT2D eigenvalue weighted by Crippen LogP contribution is -2.39. The monoisotopic (exact) mass is 334 g/mol. The lowest BCUT2D eigenvalue weighted by Gasteiger charge is -2.26. The lowest BCUT2D eigenvalue weighted by atomic mass is 10.0. The molecule has 0 unspecified atom stereocenters. The van der Waals surface area contributed by atoms with E-state index in [1.807, 2.05) is 4.68 Å². The van der Waals surface area contributed by atoms with Gasteiger partial charge in [-0.3, -0.25) is 0 Å². The summed E-state index contributed by atoms with van der Waals surface area (Å²) in [5.41, 5.74) is 3.18. The molecule has 23 heavy (non-hydrogen) atoms. The average Bonchev–Trinajstić information content (AvgIpc) is 3.24. The molecule has 1 atom stereocenters. The number of aromatic nitrogens is 3. The minimum Gasteiger partial charge on any atom is -0.381 e. The largest absolute Gasteiger partial charge is 0.381 e. The molecule has 1 N–H and O–H groups in total. The van der Waals surface area contributed by atoms with Gasteiger partial charge >= 0.3 is 0 Å². The summed E-state index contributed by atoms with van der Waals surface area (Å²) in [7, 11) is 0.